The first kappa shape index (κ1) is 14.8. The van der Waals surface area contributed by atoms with E-state index in [9.17, 15) is 0 Å². The molecule has 1 saturated heterocycles. The van der Waals surface area contributed by atoms with E-state index in [4.69, 9.17) is 5.73 Å². The van der Waals surface area contributed by atoms with Crippen LogP contribution in [0.2, 0.25) is 0 Å². The van der Waals surface area contributed by atoms with Gasteiger partial charge in [-0.05, 0) is 62.8 Å². The zero-order valence-corrected chi connectivity index (χ0v) is 13.6. The molecule has 4 unspecified atom stereocenters. The average molecular weight is 278 g/mol. The van der Waals surface area contributed by atoms with Crippen LogP contribution in [0.4, 0.5) is 0 Å². The van der Waals surface area contributed by atoms with E-state index in [1.54, 1.807) is 0 Å². The highest BCUT2D eigenvalue weighted by molar-refractivity contribution is 5.05. The fourth-order valence-electron chi connectivity index (χ4n) is 5.94. The first-order chi connectivity index (χ1) is 9.69. The maximum absolute atomic E-state index is 6.44. The van der Waals surface area contributed by atoms with Gasteiger partial charge in [0.25, 0.3) is 0 Å². The molecule has 2 saturated carbocycles. The summed E-state index contributed by atoms with van der Waals surface area (Å²) in [6.07, 6.45) is 12.9. The predicted octanol–water partition coefficient (Wildman–Crippen LogP) is 3.79. The van der Waals surface area contributed by atoms with Crippen molar-refractivity contribution in [2.45, 2.75) is 83.2 Å². The van der Waals surface area contributed by atoms with Gasteiger partial charge < -0.3 is 5.73 Å². The summed E-state index contributed by atoms with van der Waals surface area (Å²) in [6.45, 7) is 7.06. The van der Waals surface area contributed by atoms with Crippen LogP contribution < -0.4 is 5.73 Å². The van der Waals surface area contributed by atoms with Gasteiger partial charge in [0, 0.05) is 18.1 Å². The van der Waals surface area contributed by atoms with Crippen molar-refractivity contribution in [3.8, 4) is 0 Å². The first-order valence-electron chi connectivity index (χ1n) is 9.16. The lowest BCUT2D eigenvalue weighted by atomic mass is 9.65. The molecule has 4 atom stereocenters. The van der Waals surface area contributed by atoms with Crippen LogP contribution in [0.1, 0.15) is 71.6 Å². The summed E-state index contributed by atoms with van der Waals surface area (Å²) in [4.78, 5) is 2.94. The second-order valence-corrected chi connectivity index (χ2v) is 8.00. The third-order valence-electron chi connectivity index (χ3n) is 6.79. The number of nitrogens with two attached hydrogens (primary N) is 1. The van der Waals surface area contributed by atoms with Crippen LogP contribution in [0.3, 0.4) is 0 Å². The molecule has 3 rings (SSSR count). The summed E-state index contributed by atoms with van der Waals surface area (Å²) >= 11 is 0. The quantitative estimate of drug-likeness (QED) is 0.851. The van der Waals surface area contributed by atoms with E-state index in [1.165, 1.54) is 64.3 Å². The molecule has 20 heavy (non-hydrogen) atoms. The predicted molar refractivity (Wildman–Crippen MR) is 85.7 cm³/mol. The fourth-order valence-corrected chi connectivity index (χ4v) is 5.94. The Hall–Kier alpha value is -0.0800. The van der Waals surface area contributed by atoms with Crippen molar-refractivity contribution in [3.05, 3.63) is 0 Å². The molecule has 0 spiro atoms. The summed E-state index contributed by atoms with van der Waals surface area (Å²) in [5.74, 6) is 2.59. The van der Waals surface area contributed by atoms with Crippen molar-refractivity contribution < 1.29 is 0 Å². The molecule has 0 radical (unpaired) electrons. The molecule has 0 aromatic heterocycles. The van der Waals surface area contributed by atoms with Crippen molar-refractivity contribution in [3.63, 3.8) is 0 Å². The van der Waals surface area contributed by atoms with E-state index >= 15 is 0 Å². The molecular weight excluding hydrogens is 244 g/mol. The molecule has 1 aliphatic heterocycles. The highest BCUT2D eigenvalue weighted by Gasteiger charge is 2.50. The zero-order valence-electron chi connectivity index (χ0n) is 13.6. The molecule has 2 nitrogen and oxygen atoms in total. The van der Waals surface area contributed by atoms with Gasteiger partial charge in [0.05, 0.1) is 0 Å². The van der Waals surface area contributed by atoms with Crippen LogP contribution in [-0.2, 0) is 0 Å². The third kappa shape index (κ3) is 2.33. The highest BCUT2D eigenvalue weighted by atomic mass is 15.3. The summed E-state index contributed by atoms with van der Waals surface area (Å²) in [7, 11) is 0. The largest absolute Gasteiger partial charge is 0.329 e. The second-order valence-electron chi connectivity index (χ2n) is 8.00. The highest BCUT2D eigenvalue weighted by Crippen LogP contribution is 2.48. The Morgan fingerprint density at radius 2 is 1.85 bits per heavy atom. The summed E-state index contributed by atoms with van der Waals surface area (Å²) in [5, 5.41) is 0. The van der Waals surface area contributed by atoms with Gasteiger partial charge in [0.15, 0.2) is 0 Å². The van der Waals surface area contributed by atoms with E-state index in [0.29, 0.717) is 5.54 Å². The SMILES string of the molecule is CC(C)C1CCCCC1(CN)N1CCCC2CCCC21. The molecule has 1 heterocycles. The molecule has 2 N–H and O–H groups in total. The van der Waals surface area contributed by atoms with Gasteiger partial charge in [-0.15, -0.1) is 0 Å². The molecule has 0 aromatic carbocycles. The third-order valence-corrected chi connectivity index (χ3v) is 6.79. The molecule has 0 bridgehead atoms. The standard InChI is InChI=1S/C18H34N2/c1-14(2)16-9-3-4-11-18(16,13-19)20-12-6-8-15-7-5-10-17(15)20/h14-17H,3-13,19H2,1-2H3. The van der Waals surface area contributed by atoms with Crippen LogP contribution in [0.5, 0.6) is 0 Å². The van der Waals surface area contributed by atoms with Gasteiger partial charge >= 0.3 is 0 Å². The lowest BCUT2D eigenvalue weighted by molar-refractivity contribution is -0.0655. The second kappa shape index (κ2) is 5.96. The number of rotatable bonds is 3. The van der Waals surface area contributed by atoms with Crippen molar-refractivity contribution in [1.29, 1.82) is 0 Å². The first-order valence-corrected chi connectivity index (χ1v) is 9.16. The Labute approximate surface area is 125 Å². The topological polar surface area (TPSA) is 29.3 Å². The van der Waals surface area contributed by atoms with Crippen LogP contribution in [-0.4, -0.2) is 29.6 Å². The number of hydrogen-bond acceptors (Lipinski definition) is 2. The van der Waals surface area contributed by atoms with Crippen molar-refractivity contribution in [2.75, 3.05) is 13.1 Å². The van der Waals surface area contributed by atoms with Crippen molar-refractivity contribution in [1.82, 2.24) is 4.90 Å². The Morgan fingerprint density at radius 3 is 2.60 bits per heavy atom. The number of fused-ring (bicyclic) bond motifs is 1. The average Bonchev–Trinajstić information content (AvgIpc) is 2.95. The Bertz CT molecular complexity index is 327. The molecule has 2 heteroatoms. The fraction of sp³-hybridized carbons (Fsp3) is 1.00. The summed E-state index contributed by atoms with van der Waals surface area (Å²) < 4.78 is 0. The molecular formula is C18H34N2. The van der Waals surface area contributed by atoms with Crippen LogP contribution in [0, 0.1) is 17.8 Å². The Balaban J connectivity index is 1.89. The van der Waals surface area contributed by atoms with E-state index in [-0.39, 0.29) is 0 Å². The van der Waals surface area contributed by atoms with Gasteiger partial charge in [-0.25, -0.2) is 0 Å². The van der Waals surface area contributed by atoms with Crippen molar-refractivity contribution in [2.24, 2.45) is 23.5 Å². The van der Waals surface area contributed by atoms with Gasteiger partial charge in [0.1, 0.15) is 0 Å². The van der Waals surface area contributed by atoms with Gasteiger partial charge in [0.2, 0.25) is 0 Å². The Morgan fingerprint density at radius 1 is 1.05 bits per heavy atom. The molecule has 3 fully saturated rings. The van der Waals surface area contributed by atoms with Gasteiger partial charge in [-0.1, -0.05) is 33.1 Å². The van der Waals surface area contributed by atoms with E-state index in [2.05, 4.69) is 18.7 Å². The Kier molecular flexibility index (Phi) is 4.42. The molecule has 3 aliphatic rings. The lowest BCUT2D eigenvalue weighted by Crippen LogP contribution is -2.65. The summed E-state index contributed by atoms with van der Waals surface area (Å²) in [5.41, 5.74) is 6.77. The maximum atomic E-state index is 6.44. The normalized spacial score (nSPS) is 42.9. The minimum Gasteiger partial charge on any atom is -0.329 e. The van der Waals surface area contributed by atoms with E-state index in [1.807, 2.05) is 0 Å². The number of hydrogen-bond donors (Lipinski definition) is 1. The molecule has 0 amide bonds. The lowest BCUT2D eigenvalue weighted by Gasteiger charge is -2.57. The summed E-state index contributed by atoms with van der Waals surface area (Å²) in [6, 6.07) is 0.867. The number of likely N-dealkylation sites (tertiary alicyclic amines) is 1. The van der Waals surface area contributed by atoms with E-state index in [0.717, 1.165) is 30.3 Å². The number of nitrogens with zero attached hydrogens (tertiary/aromatic N) is 1. The minimum atomic E-state index is 0.333. The smallest absolute Gasteiger partial charge is 0.0365 e. The van der Waals surface area contributed by atoms with Crippen molar-refractivity contribution >= 4 is 0 Å². The van der Waals surface area contributed by atoms with Crippen LogP contribution in [0.25, 0.3) is 0 Å². The maximum Gasteiger partial charge on any atom is 0.0365 e. The zero-order chi connectivity index (χ0) is 14.2. The van der Waals surface area contributed by atoms with Gasteiger partial charge in [-0.3, -0.25) is 4.90 Å². The molecule has 0 aromatic rings. The minimum absolute atomic E-state index is 0.333. The molecule has 116 valence electrons. The van der Waals surface area contributed by atoms with Crippen LogP contribution >= 0.6 is 0 Å². The van der Waals surface area contributed by atoms with Crippen LogP contribution in [0.15, 0.2) is 0 Å². The molecule has 2 aliphatic carbocycles. The van der Waals surface area contributed by atoms with Gasteiger partial charge in [-0.2, -0.15) is 0 Å². The van der Waals surface area contributed by atoms with E-state index < -0.39 is 0 Å². The monoisotopic (exact) mass is 278 g/mol. The number of piperidine rings is 1.